The minimum atomic E-state index is -3.05. The first kappa shape index (κ1) is 36.9. The van der Waals surface area contributed by atoms with Crippen LogP contribution in [0.2, 0.25) is 26.2 Å². The topological polar surface area (TPSA) is 18.5 Å². The molecule has 0 heterocycles. The van der Waals surface area contributed by atoms with Crippen molar-refractivity contribution >= 4 is 64.4 Å². The molecule has 0 N–H and O–H groups in total. The van der Waals surface area contributed by atoms with Gasteiger partial charge < -0.3 is 8.23 Å². The van der Waals surface area contributed by atoms with Gasteiger partial charge in [-0.1, -0.05) is 193 Å². The highest BCUT2D eigenvalue weighted by Crippen LogP contribution is 2.19. The van der Waals surface area contributed by atoms with Crippen LogP contribution in [0, 0.1) is 0 Å². The summed E-state index contributed by atoms with van der Waals surface area (Å²) in [7, 11) is -9.25. The highest BCUT2D eigenvalue weighted by Gasteiger charge is 2.52. The molecule has 6 heteroatoms. The highest BCUT2D eigenvalue weighted by molar-refractivity contribution is 7.18. The van der Waals surface area contributed by atoms with E-state index in [1.54, 1.807) is 0 Å². The summed E-state index contributed by atoms with van der Waals surface area (Å²) in [4.78, 5) is 0. The van der Waals surface area contributed by atoms with Crippen LogP contribution < -0.4 is 31.1 Å². The third-order valence-electron chi connectivity index (χ3n) is 8.90. The molecule has 50 heavy (non-hydrogen) atoms. The number of rotatable bonds is 12. The molecular weight excluding hydrogens is 673 g/mol. The largest absolute Gasteiger partial charge is 0.449 e. The Morgan fingerprint density at radius 2 is 0.500 bits per heavy atom. The van der Waals surface area contributed by atoms with E-state index in [9.17, 15) is 0 Å². The second-order valence-corrected chi connectivity index (χ2v) is 28.4. The summed E-state index contributed by atoms with van der Waals surface area (Å²) < 4.78 is 14.2. The molecule has 2 nitrogen and oxygen atoms in total. The fraction of sp³-hybridized carbons (Fsp3) is 0.0909. The second kappa shape index (κ2) is 16.5. The Kier molecular flexibility index (Phi) is 12.2. The van der Waals surface area contributed by atoms with Crippen molar-refractivity contribution in [3.05, 3.63) is 207 Å². The van der Waals surface area contributed by atoms with Crippen molar-refractivity contribution in [1.82, 2.24) is 0 Å². The Hall–Kier alpha value is -4.41. The normalized spacial score (nSPS) is 11.9. The van der Waals surface area contributed by atoms with Crippen molar-refractivity contribution in [2.75, 3.05) is 0 Å². The maximum atomic E-state index is 8.22. The number of benzene rings is 6. The molecule has 0 aliphatic carbocycles. The van der Waals surface area contributed by atoms with Crippen LogP contribution in [-0.4, -0.2) is 33.3 Å². The molecule has 0 atom stereocenters. The van der Waals surface area contributed by atoms with Gasteiger partial charge in [-0.15, -0.1) is 13.2 Å². The molecule has 6 aromatic rings. The van der Waals surface area contributed by atoms with Crippen LogP contribution in [0.4, 0.5) is 0 Å². The average Bonchev–Trinajstić information content (AvgIpc) is 3.18. The Morgan fingerprint density at radius 3 is 0.660 bits per heavy atom. The summed E-state index contributed by atoms with van der Waals surface area (Å²) in [6.45, 7) is 16.2. The lowest BCUT2D eigenvalue weighted by atomic mass is 10.3. The Bertz CT molecular complexity index is 1580. The minimum absolute atomic E-state index is 1.24. The molecule has 0 fully saturated rings. The zero-order valence-electron chi connectivity index (χ0n) is 29.7. The van der Waals surface area contributed by atoms with Crippen LogP contribution in [0.1, 0.15) is 0 Å². The predicted octanol–water partition coefficient (Wildman–Crippen LogP) is 7.20. The van der Waals surface area contributed by atoms with Gasteiger partial charge in [-0.25, -0.2) is 0 Å². The molecular formula is C44H48O2Si4. The van der Waals surface area contributed by atoms with Gasteiger partial charge >= 0.3 is 0 Å². The lowest BCUT2D eigenvalue weighted by molar-refractivity contribution is 0.571. The molecule has 6 aromatic carbocycles. The van der Waals surface area contributed by atoms with Crippen LogP contribution in [0.3, 0.4) is 0 Å². The molecule has 252 valence electrons. The van der Waals surface area contributed by atoms with Crippen molar-refractivity contribution in [2.24, 2.45) is 0 Å². The van der Waals surface area contributed by atoms with Gasteiger partial charge in [0.2, 0.25) is 0 Å². The lowest BCUT2D eigenvalue weighted by Gasteiger charge is -2.44. The summed E-state index contributed by atoms with van der Waals surface area (Å²) in [5, 5.41) is 7.43. The maximum Gasteiger partial charge on any atom is 0.278 e. The van der Waals surface area contributed by atoms with Crippen molar-refractivity contribution in [1.29, 1.82) is 0 Å². The van der Waals surface area contributed by atoms with Crippen molar-refractivity contribution < 1.29 is 8.23 Å². The van der Waals surface area contributed by atoms with E-state index in [1.165, 1.54) is 31.1 Å². The zero-order valence-corrected chi connectivity index (χ0v) is 33.7. The van der Waals surface area contributed by atoms with E-state index in [0.29, 0.717) is 0 Å². The third-order valence-corrected chi connectivity index (χ3v) is 24.4. The number of hydrogen-bond acceptors (Lipinski definition) is 2. The first-order chi connectivity index (χ1) is 24.2. The first-order valence-electron chi connectivity index (χ1n) is 17.2. The van der Waals surface area contributed by atoms with Gasteiger partial charge in [0.15, 0.2) is 16.6 Å². The van der Waals surface area contributed by atoms with Crippen LogP contribution in [0.5, 0.6) is 0 Å². The van der Waals surface area contributed by atoms with Crippen molar-refractivity contribution in [3.63, 3.8) is 0 Å². The molecule has 0 saturated carbocycles. The highest BCUT2D eigenvalue weighted by atomic mass is 28.4. The van der Waals surface area contributed by atoms with Crippen molar-refractivity contribution in [2.45, 2.75) is 26.2 Å². The molecule has 0 unspecified atom stereocenters. The molecule has 0 amide bonds. The predicted molar refractivity (Wildman–Crippen MR) is 225 cm³/mol. The van der Waals surface area contributed by atoms with Gasteiger partial charge in [0.25, 0.3) is 16.6 Å². The average molecular weight is 721 g/mol. The van der Waals surface area contributed by atoms with Gasteiger partial charge in [0, 0.05) is 0 Å². The molecule has 0 saturated heterocycles. The Morgan fingerprint density at radius 1 is 0.320 bits per heavy atom. The van der Waals surface area contributed by atoms with Crippen LogP contribution >= 0.6 is 0 Å². The Balaban J connectivity index is 0.000000383. The van der Waals surface area contributed by atoms with Gasteiger partial charge in [-0.3, -0.25) is 0 Å². The van der Waals surface area contributed by atoms with Gasteiger partial charge in [0.1, 0.15) is 0 Å². The fourth-order valence-corrected chi connectivity index (χ4v) is 23.1. The molecule has 6 rings (SSSR count). The quantitative estimate of drug-likeness (QED) is 0.0984. The SMILES string of the molecule is C=C[Si](C)(C)O[Si](C)(C)C=C.c1ccc([Si](O[Si](c2ccccc2)(c2ccccc2)c2ccccc2)(c2ccccc2)c2ccccc2)cc1. The van der Waals surface area contributed by atoms with E-state index < -0.39 is 33.3 Å². The van der Waals surface area contributed by atoms with Gasteiger partial charge in [-0.2, -0.15) is 0 Å². The van der Waals surface area contributed by atoms with Crippen LogP contribution in [-0.2, 0) is 8.23 Å². The summed E-state index contributed by atoms with van der Waals surface area (Å²) in [6.07, 6.45) is 0. The van der Waals surface area contributed by atoms with E-state index >= 15 is 0 Å². The molecule has 0 spiro atoms. The standard InChI is InChI=1S/C36H30OSi2.C8H18OSi2/c1-7-19-31(20-8-1)38(32-21-9-2-10-22-32,33-23-11-3-12-24-33)37-39(34-25-13-4-14-26-34,35-27-15-5-16-28-35)36-29-17-6-18-30-36;1-7-10(3,4)9-11(5,6)8-2/h1-30H;7-8H,1-2H2,3-6H3. The van der Waals surface area contributed by atoms with E-state index in [0.717, 1.165) is 0 Å². The molecule has 0 bridgehead atoms. The monoisotopic (exact) mass is 720 g/mol. The van der Waals surface area contributed by atoms with Crippen LogP contribution in [0.25, 0.3) is 0 Å². The summed E-state index contributed by atoms with van der Waals surface area (Å²) in [5.41, 5.74) is 3.93. The van der Waals surface area contributed by atoms with E-state index in [1.807, 2.05) is 11.4 Å². The number of hydrogen-bond donors (Lipinski definition) is 0. The van der Waals surface area contributed by atoms with E-state index in [4.69, 9.17) is 8.23 Å². The summed E-state index contributed by atoms with van der Waals surface area (Å²) in [6, 6.07) is 65.3. The maximum absolute atomic E-state index is 8.22. The smallest absolute Gasteiger partial charge is 0.278 e. The fourth-order valence-electron chi connectivity index (χ4n) is 6.38. The van der Waals surface area contributed by atoms with Crippen molar-refractivity contribution in [3.8, 4) is 0 Å². The van der Waals surface area contributed by atoms with Gasteiger partial charge in [0.05, 0.1) is 0 Å². The first-order valence-corrected chi connectivity index (χ1v) is 27.0. The molecule has 0 radical (unpaired) electrons. The Labute approximate surface area is 304 Å². The molecule has 0 aliphatic rings. The summed E-state index contributed by atoms with van der Waals surface area (Å²) >= 11 is 0. The van der Waals surface area contributed by atoms with Crippen LogP contribution in [0.15, 0.2) is 207 Å². The minimum Gasteiger partial charge on any atom is -0.449 e. The van der Waals surface area contributed by atoms with E-state index in [2.05, 4.69) is 221 Å². The second-order valence-electron chi connectivity index (χ2n) is 13.4. The third kappa shape index (κ3) is 8.30. The molecule has 0 aromatic heterocycles. The van der Waals surface area contributed by atoms with E-state index in [-0.39, 0.29) is 0 Å². The lowest BCUT2D eigenvalue weighted by Crippen LogP contribution is -2.81. The summed E-state index contributed by atoms with van der Waals surface area (Å²) in [5.74, 6) is 0. The van der Waals surface area contributed by atoms with Gasteiger partial charge in [-0.05, 0) is 57.3 Å². The molecule has 0 aliphatic heterocycles. The zero-order chi connectivity index (χ0) is 35.5.